The van der Waals surface area contributed by atoms with E-state index in [1.165, 1.54) is 0 Å². The highest BCUT2D eigenvalue weighted by molar-refractivity contribution is 7.03. The third-order valence-corrected chi connectivity index (χ3v) is 2.63. The van der Waals surface area contributed by atoms with Crippen molar-refractivity contribution in [1.82, 2.24) is 15.0 Å². The van der Waals surface area contributed by atoms with Crippen molar-refractivity contribution >= 4 is 11.5 Å². The minimum Gasteiger partial charge on any atom is -0.271 e. The fourth-order valence-electron chi connectivity index (χ4n) is 1.37. The topological polar surface area (TPSA) is 63.8 Å². The van der Waals surface area contributed by atoms with Crippen molar-refractivity contribution in [2.24, 2.45) is 5.84 Å². The smallest absolute Gasteiger partial charge is 0.128 e. The molecule has 1 aromatic heterocycles. The maximum absolute atomic E-state index is 13.5. The molecule has 2 rings (SSSR count). The number of nitrogens with zero attached hydrogens (tertiary/aromatic N) is 2. The van der Waals surface area contributed by atoms with E-state index in [1.54, 1.807) is 5.38 Å². The first-order chi connectivity index (χ1) is 7.72. The molecule has 0 spiro atoms. The van der Waals surface area contributed by atoms with Gasteiger partial charge in [-0.1, -0.05) is 4.49 Å². The molecule has 0 saturated heterocycles. The van der Waals surface area contributed by atoms with E-state index in [0.29, 0.717) is 5.69 Å². The van der Waals surface area contributed by atoms with Crippen LogP contribution in [0.2, 0.25) is 0 Å². The van der Waals surface area contributed by atoms with Gasteiger partial charge in [-0.2, -0.15) is 0 Å². The van der Waals surface area contributed by atoms with Crippen LogP contribution in [-0.2, 0) is 0 Å². The lowest BCUT2D eigenvalue weighted by Crippen LogP contribution is -2.30. The van der Waals surface area contributed by atoms with E-state index in [9.17, 15) is 8.78 Å². The van der Waals surface area contributed by atoms with Gasteiger partial charge in [-0.15, -0.1) is 5.10 Å². The first-order valence-electron chi connectivity index (χ1n) is 4.40. The minimum absolute atomic E-state index is 0.107. The number of rotatable bonds is 3. The Bertz CT molecular complexity index is 474. The molecule has 16 heavy (non-hydrogen) atoms. The Hall–Kier alpha value is -1.44. The van der Waals surface area contributed by atoms with Crippen molar-refractivity contribution in [2.45, 2.75) is 6.04 Å². The second-order valence-corrected chi connectivity index (χ2v) is 3.71. The molecule has 1 atom stereocenters. The fraction of sp³-hybridized carbons (Fsp3) is 0.111. The third kappa shape index (κ3) is 2.06. The fourth-order valence-corrected chi connectivity index (χ4v) is 1.85. The van der Waals surface area contributed by atoms with Crippen LogP contribution in [0.3, 0.4) is 0 Å². The molecule has 0 bridgehead atoms. The van der Waals surface area contributed by atoms with Crippen molar-refractivity contribution in [3.8, 4) is 0 Å². The van der Waals surface area contributed by atoms with Crippen LogP contribution in [-0.4, -0.2) is 9.59 Å². The van der Waals surface area contributed by atoms with Crippen LogP contribution in [0.25, 0.3) is 0 Å². The molecule has 3 N–H and O–H groups in total. The van der Waals surface area contributed by atoms with Crippen LogP contribution in [0.5, 0.6) is 0 Å². The first kappa shape index (κ1) is 11.1. The molecule has 0 fully saturated rings. The Morgan fingerprint density at radius 1 is 1.38 bits per heavy atom. The van der Waals surface area contributed by atoms with Crippen LogP contribution >= 0.6 is 11.5 Å². The number of nitrogens with two attached hydrogens (primary N) is 1. The highest BCUT2D eigenvalue weighted by atomic mass is 32.1. The molecule has 1 unspecified atom stereocenters. The predicted octanol–water partition coefficient (Wildman–Crippen LogP) is 1.37. The van der Waals surface area contributed by atoms with E-state index in [0.717, 1.165) is 29.7 Å². The average molecular weight is 242 g/mol. The van der Waals surface area contributed by atoms with Crippen LogP contribution in [0, 0.1) is 11.6 Å². The van der Waals surface area contributed by atoms with Crippen LogP contribution < -0.4 is 11.3 Å². The molecule has 0 aliphatic rings. The quantitative estimate of drug-likeness (QED) is 0.630. The molecule has 1 aromatic carbocycles. The Morgan fingerprint density at radius 3 is 2.81 bits per heavy atom. The maximum atomic E-state index is 13.5. The molecule has 84 valence electrons. The van der Waals surface area contributed by atoms with Crippen LogP contribution in [0.4, 0.5) is 8.78 Å². The lowest BCUT2D eigenvalue weighted by molar-refractivity contribution is 0.539. The summed E-state index contributed by atoms with van der Waals surface area (Å²) < 4.78 is 30.2. The summed E-state index contributed by atoms with van der Waals surface area (Å²) in [6.45, 7) is 0. The lowest BCUT2D eigenvalue weighted by atomic mass is 10.0. The van der Waals surface area contributed by atoms with Crippen molar-refractivity contribution in [2.75, 3.05) is 0 Å². The second-order valence-electron chi connectivity index (χ2n) is 3.10. The number of hydrogen-bond donors (Lipinski definition) is 2. The molecule has 2 aromatic rings. The largest absolute Gasteiger partial charge is 0.271 e. The number of benzene rings is 1. The van der Waals surface area contributed by atoms with E-state index in [-0.39, 0.29) is 5.56 Å². The summed E-state index contributed by atoms with van der Waals surface area (Å²) in [6, 6.07) is 2.48. The first-order valence-corrected chi connectivity index (χ1v) is 5.24. The van der Waals surface area contributed by atoms with Gasteiger partial charge in [0, 0.05) is 10.9 Å². The number of nitrogens with one attached hydrogen (secondary N) is 1. The highest BCUT2D eigenvalue weighted by Gasteiger charge is 2.19. The molecule has 0 radical (unpaired) electrons. The molecule has 0 amide bonds. The van der Waals surface area contributed by atoms with Gasteiger partial charge in [0.1, 0.15) is 11.6 Å². The van der Waals surface area contributed by atoms with Gasteiger partial charge in [0.25, 0.3) is 0 Å². The van der Waals surface area contributed by atoms with Gasteiger partial charge in [0.05, 0.1) is 11.7 Å². The van der Waals surface area contributed by atoms with Gasteiger partial charge in [-0.25, -0.2) is 14.2 Å². The summed E-state index contributed by atoms with van der Waals surface area (Å²) in [5.41, 5.74) is 2.95. The summed E-state index contributed by atoms with van der Waals surface area (Å²) in [7, 11) is 0. The summed E-state index contributed by atoms with van der Waals surface area (Å²) in [5.74, 6) is 4.24. The molecule has 0 saturated carbocycles. The Labute approximate surface area is 94.2 Å². The SMILES string of the molecule is NNC(c1csnn1)c1cc(F)ccc1F. The molecule has 0 aliphatic carbocycles. The Morgan fingerprint density at radius 2 is 2.19 bits per heavy atom. The number of hydrazine groups is 1. The summed E-state index contributed by atoms with van der Waals surface area (Å²) in [5, 5.41) is 5.39. The molecular formula is C9H8F2N4S. The standard InChI is InChI=1S/C9H8F2N4S/c10-5-1-2-7(11)6(3-5)9(13-12)8-4-16-15-14-8/h1-4,9,13H,12H2. The van der Waals surface area contributed by atoms with E-state index in [4.69, 9.17) is 5.84 Å². The predicted molar refractivity (Wildman–Crippen MR) is 55.4 cm³/mol. The Balaban J connectivity index is 2.44. The third-order valence-electron chi connectivity index (χ3n) is 2.11. The van der Waals surface area contributed by atoms with Gasteiger partial charge < -0.3 is 0 Å². The minimum atomic E-state index is -0.700. The Kier molecular flexibility index (Phi) is 3.18. The van der Waals surface area contributed by atoms with Gasteiger partial charge in [-0.05, 0) is 29.7 Å². The highest BCUT2D eigenvalue weighted by Crippen LogP contribution is 2.23. The average Bonchev–Trinajstić information content (AvgIpc) is 2.78. The maximum Gasteiger partial charge on any atom is 0.128 e. The van der Waals surface area contributed by atoms with E-state index in [2.05, 4.69) is 15.0 Å². The zero-order valence-electron chi connectivity index (χ0n) is 8.02. The van der Waals surface area contributed by atoms with Gasteiger partial charge in [0.15, 0.2) is 0 Å². The molecule has 7 heteroatoms. The second kappa shape index (κ2) is 4.60. The number of hydrogen-bond acceptors (Lipinski definition) is 5. The van der Waals surface area contributed by atoms with Gasteiger partial charge in [-0.3, -0.25) is 5.84 Å². The van der Waals surface area contributed by atoms with Gasteiger partial charge >= 0.3 is 0 Å². The van der Waals surface area contributed by atoms with E-state index >= 15 is 0 Å². The van der Waals surface area contributed by atoms with E-state index in [1.807, 2.05) is 0 Å². The van der Waals surface area contributed by atoms with Gasteiger partial charge in [0.2, 0.25) is 0 Å². The monoisotopic (exact) mass is 242 g/mol. The zero-order valence-corrected chi connectivity index (χ0v) is 8.84. The van der Waals surface area contributed by atoms with Crippen molar-refractivity contribution in [1.29, 1.82) is 0 Å². The summed E-state index contributed by atoms with van der Waals surface area (Å²) in [4.78, 5) is 0. The number of halogens is 2. The summed E-state index contributed by atoms with van der Waals surface area (Å²) in [6.07, 6.45) is 0. The molecular weight excluding hydrogens is 234 g/mol. The van der Waals surface area contributed by atoms with Crippen molar-refractivity contribution in [3.63, 3.8) is 0 Å². The van der Waals surface area contributed by atoms with Crippen LogP contribution in [0.15, 0.2) is 23.6 Å². The van der Waals surface area contributed by atoms with E-state index < -0.39 is 17.7 Å². The lowest BCUT2D eigenvalue weighted by Gasteiger charge is -2.14. The van der Waals surface area contributed by atoms with Crippen LogP contribution in [0.1, 0.15) is 17.3 Å². The molecule has 0 aliphatic heterocycles. The van der Waals surface area contributed by atoms with Crippen molar-refractivity contribution in [3.05, 3.63) is 46.5 Å². The number of aromatic nitrogens is 2. The van der Waals surface area contributed by atoms with Crippen molar-refractivity contribution < 1.29 is 8.78 Å². The zero-order chi connectivity index (χ0) is 11.5. The molecule has 1 heterocycles. The summed E-state index contributed by atoms with van der Waals surface area (Å²) >= 11 is 1.12. The normalized spacial score (nSPS) is 12.7. The molecule has 4 nitrogen and oxygen atoms in total.